The Kier molecular flexibility index (Phi) is 7.22. The summed E-state index contributed by atoms with van der Waals surface area (Å²) in [6.45, 7) is 3.86. The predicted octanol–water partition coefficient (Wildman–Crippen LogP) is 2.17. The van der Waals surface area contributed by atoms with E-state index in [1.165, 1.54) is 19.2 Å². The van der Waals surface area contributed by atoms with Gasteiger partial charge in [-0.1, -0.05) is 33.1 Å². The van der Waals surface area contributed by atoms with Crippen molar-refractivity contribution in [2.45, 2.75) is 51.5 Å². The van der Waals surface area contributed by atoms with Gasteiger partial charge in [0.1, 0.15) is 5.54 Å². The first-order chi connectivity index (χ1) is 15.3. The number of nitrogens with one attached hydrogen (secondary N) is 2. The fourth-order valence-electron chi connectivity index (χ4n) is 3.76. The molecule has 0 aromatic heterocycles. The van der Waals surface area contributed by atoms with Gasteiger partial charge in [-0.2, -0.15) is 5.01 Å². The lowest BCUT2D eigenvalue weighted by atomic mass is 9.82. The van der Waals surface area contributed by atoms with E-state index in [2.05, 4.69) is 10.7 Å². The zero-order valence-corrected chi connectivity index (χ0v) is 18.6. The second-order valence-corrected chi connectivity index (χ2v) is 8.40. The van der Waals surface area contributed by atoms with Crippen molar-refractivity contribution < 1.29 is 33.4 Å². The van der Waals surface area contributed by atoms with E-state index in [-0.39, 0.29) is 5.56 Å². The van der Waals surface area contributed by atoms with Gasteiger partial charge < -0.3 is 19.5 Å². The number of nitrogens with zero attached hydrogens (tertiary/aromatic N) is 1. The predicted molar refractivity (Wildman–Crippen MR) is 113 cm³/mol. The number of hydrogen-bond acceptors (Lipinski definition) is 7. The molecule has 1 spiro atoms. The van der Waals surface area contributed by atoms with Crippen LogP contribution < -0.4 is 20.2 Å². The molecular formula is C22H29N3O7. The highest BCUT2D eigenvalue weighted by atomic mass is 16.5. The van der Waals surface area contributed by atoms with Gasteiger partial charge in [0.05, 0.1) is 19.3 Å². The number of carbonyl (C=O) groups excluding carboxylic acids is 4. The highest BCUT2D eigenvalue weighted by Gasteiger charge is 2.52. The van der Waals surface area contributed by atoms with E-state index in [4.69, 9.17) is 14.2 Å². The number of urea groups is 1. The first-order valence-corrected chi connectivity index (χ1v) is 10.7. The molecule has 0 radical (unpaired) electrons. The molecule has 0 unspecified atom stereocenters. The Balaban J connectivity index is 1.55. The maximum atomic E-state index is 12.7. The summed E-state index contributed by atoms with van der Waals surface area (Å²) in [5.41, 5.74) is 1.45. The van der Waals surface area contributed by atoms with Crippen LogP contribution in [0.3, 0.4) is 0 Å². The normalized spacial score (nSPS) is 17.3. The molecule has 1 saturated heterocycles. The molecule has 1 saturated carbocycles. The fraction of sp³-hybridized carbons (Fsp3) is 0.545. The van der Waals surface area contributed by atoms with Crippen LogP contribution >= 0.6 is 0 Å². The van der Waals surface area contributed by atoms with Crippen LogP contribution in [0.15, 0.2) is 18.2 Å². The lowest BCUT2D eigenvalue weighted by Gasteiger charge is -2.30. The smallest absolute Gasteiger partial charge is 0.344 e. The standard InChI is InChI=1S/C22H29N3O7/c1-14(2)12-31-16-8-7-15(11-17(16)30-3)19(27)32-13-18(26)24-25-20(28)22(23-21(25)29)9-5-4-6-10-22/h7-8,11,14H,4-6,9-10,12-13H2,1-3H3,(H,23,29)(H,24,26). The third-order valence-electron chi connectivity index (χ3n) is 5.41. The summed E-state index contributed by atoms with van der Waals surface area (Å²) in [7, 11) is 1.46. The van der Waals surface area contributed by atoms with Gasteiger partial charge in [0.25, 0.3) is 11.8 Å². The molecular weight excluding hydrogens is 418 g/mol. The summed E-state index contributed by atoms with van der Waals surface area (Å²) in [6.07, 6.45) is 3.74. The number of hydrazine groups is 1. The molecule has 1 aliphatic heterocycles. The average Bonchev–Trinajstić information content (AvgIpc) is 3.00. The van der Waals surface area contributed by atoms with E-state index in [1.807, 2.05) is 13.8 Å². The molecule has 10 nitrogen and oxygen atoms in total. The van der Waals surface area contributed by atoms with E-state index >= 15 is 0 Å². The number of ether oxygens (including phenoxy) is 3. The van der Waals surface area contributed by atoms with Crippen LogP contribution in [0.1, 0.15) is 56.3 Å². The summed E-state index contributed by atoms with van der Waals surface area (Å²) in [6, 6.07) is 3.87. The van der Waals surface area contributed by atoms with Crippen molar-refractivity contribution in [3.8, 4) is 11.5 Å². The third kappa shape index (κ3) is 5.12. The van der Waals surface area contributed by atoms with Gasteiger partial charge in [0.15, 0.2) is 18.1 Å². The minimum Gasteiger partial charge on any atom is -0.493 e. The summed E-state index contributed by atoms with van der Waals surface area (Å²) in [5.74, 6) is -0.857. The molecule has 10 heteroatoms. The Hall–Kier alpha value is -3.30. The number of methoxy groups -OCH3 is 1. The summed E-state index contributed by atoms with van der Waals surface area (Å²) >= 11 is 0. The number of carbonyl (C=O) groups is 4. The number of imide groups is 1. The minimum absolute atomic E-state index is 0.169. The minimum atomic E-state index is -0.949. The first kappa shape index (κ1) is 23.4. The molecule has 32 heavy (non-hydrogen) atoms. The van der Waals surface area contributed by atoms with Crippen LogP contribution in [0.25, 0.3) is 0 Å². The Morgan fingerprint density at radius 3 is 2.53 bits per heavy atom. The van der Waals surface area contributed by atoms with Crippen molar-refractivity contribution >= 4 is 23.8 Å². The maximum Gasteiger partial charge on any atom is 0.344 e. The molecule has 2 N–H and O–H groups in total. The van der Waals surface area contributed by atoms with Gasteiger partial charge >= 0.3 is 12.0 Å². The topological polar surface area (TPSA) is 123 Å². The van der Waals surface area contributed by atoms with Gasteiger partial charge in [-0.05, 0) is 37.0 Å². The zero-order chi connectivity index (χ0) is 23.3. The lowest BCUT2D eigenvalue weighted by molar-refractivity contribution is -0.140. The van der Waals surface area contributed by atoms with Crippen molar-refractivity contribution in [1.29, 1.82) is 0 Å². The van der Waals surface area contributed by atoms with Crippen LogP contribution in [-0.4, -0.2) is 54.7 Å². The quantitative estimate of drug-likeness (QED) is 0.462. The molecule has 1 aliphatic carbocycles. The first-order valence-electron chi connectivity index (χ1n) is 10.7. The third-order valence-corrected chi connectivity index (χ3v) is 5.41. The second kappa shape index (κ2) is 9.88. The lowest BCUT2D eigenvalue weighted by Crippen LogP contribution is -2.51. The number of hydrogen-bond donors (Lipinski definition) is 2. The van der Waals surface area contributed by atoms with Crippen molar-refractivity contribution in [1.82, 2.24) is 15.8 Å². The number of esters is 1. The molecule has 1 aromatic rings. The van der Waals surface area contributed by atoms with E-state index in [0.29, 0.717) is 41.9 Å². The summed E-state index contributed by atoms with van der Waals surface area (Å²) < 4.78 is 15.9. The summed E-state index contributed by atoms with van der Waals surface area (Å²) in [5, 5.41) is 3.36. The van der Waals surface area contributed by atoms with Crippen LogP contribution in [-0.2, 0) is 14.3 Å². The van der Waals surface area contributed by atoms with Crippen molar-refractivity contribution in [2.75, 3.05) is 20.3 Å². The Morgan fingerprint density at radius 1 is 1.16 bits per heavy atom. The maximum absolute atomic E-state index is 12.7. The molecule has 0 atom stereocenters. The van der Waals surface area contributed by atoms with E-state index in [1.54, 1.807) is 6.07 Å². The second-order valence-electron chi connectivity index (χ2n) is 8.40. The molecule has 2 fully saturated rings. The van der Waals surface area contributed by atoms with Crippen molar-refractivity contribution in [3.05, 3.63) is 23.8 Å². The van der Waals surface area contributed by atoms with Crippen LogP contribution in [0.4, 0.5) is 4.79 Å². The van der Waals surface area contributed by atoms with Gasteiger partial charge in [0.2, 0.25) is 0 Å². The van der Waals surface area contributed by atoms with Gasteiger partial charge in [-0.25, -0.2) is 9.59 Å². The molecule has 4 amide bonds. The van der Waals surface area contributed by atoms with E-state index in [0.717, 1.165) is 19.3 Å². The van der Waals surface area contributed by atoms with Gasteiger partial charge in [-0.3, -0.25) is 15.0 Å². The van der Waals surface area contributed by atoms with E-state index in [9.17, 15) is 19.2 Å². The van der Waals surface area contributed by atoms with Crippen LogP contribution in [0, 0.1) is 5.92 Å². The number of amides is 4. The largest absolute Gasteiger partial charge is 0.493 e. The average molecular weight is 447 g/mol. The highest BCUT2D eigenvalue weighted by Crippen LogP contribution is 2.33. The molecule has 3 rings (SSSR count). The van der Waals surface area contributed by atoms with Crippen molar-refractivity contribution in [3.63, 3.8) is 0 Å². The molecule has 2 aliphatic rings. The van der Waals surface area contributed by atoms with Crippen molar-refractivity contribution in [2.24, 2.45) is 5.92 Å². The highest BCUT2D eigenvalue weighted by molar-refractivity contribution is 6.08. The fourth-order valence-corrected chi connectivity index (χ4v) is 3.76. The molecule has 1 heterocycles. The van der Waals surface area contributed by atoms with Gasteiger partial charge in [0, 0.05) is 0 Å². The Morgan fingerprint density at radius 2 is 1.88 bits per heavy atom. The number of rotatable bonds is 8. The van der Waals surface area contributed by atoms with E-state index < -0.39 is 36.0 Å². The van der Waals surface area contributed by atoms with Crippen LogP contribution in [0.2, 0.25) is 0 Å². The number of benzene rings is 1. The Labute approximate surface area is 186 Å². The summed E-state index contributed by atoms with van der Waals surface area (Å²) in [4.78, 5) is 49.4. The zero-order valence-electron chi connectivity index (χ0n) is 18.6. The SMILES string of the molecule is COc1cc(C(=O)OCC(=O)NN2C(=O)NC3(CCCCC3)C2=O)ccc1OCC(C)C. The van der Waals surface area contributed by atoms with Crippen LogP contribution in [0.5, 0.6) is 11.5 Å². The molecule has 174 valence electrons. The molecule has 1 aromatic carbocycles. The Bertz CT molecular complexity index is 894. The van der Waals surface area contributed by atoms with Gasteiger partial charge in [-0.15, -0.1) is 0 Å². The monoisotopic (exact) mass is 447 g/mol. The molecule has 0 bridgehead atoms.